The number of benzene rings is 6. The molecule has 2 spiro atoms. The number of para-hydroxylation sites is 2. The predicted molar refractivity (Wildman–Crippen MR) is 199 cm³/mol. The van der Waals surface area contributed by atoms with Gasteiger partial charge >= 0.3 is 0 Å². The summed E-state index contributed by atoms with van der Waals surface area (Å²) in [5, 5.41) is 4.98. The lowest BCUT2D eigenvalue weighted by Gasteiger charge is -2.54. The Hall–Kier alpha value is -5.08. The van der Waals surface area contributed by atoms with Crippen molar-refractivity contribution in [2.24, 2.45) is 29.1 Å². The summed E-state index contributed by atoms with van der Waals surface area (Å²) in [5.74, 6) is 3.46. The van der Waals surface area contributed by atoms with Gasteiger partial charge in [0.25, 0.3) is 0 Å². The summed E-state index contributed by atoms with van der Waals surface area (Å²) < 4.78 is 8.88. The standard InChI is InChI=1S/C47H35NO/c1-4-12-38-33(8-1)34-19-17-31(24-39(34)47(38)30-21-27-20-29-23-44(47)46(29,25-27)26-30)48-40-13-5-2-9-35(40)36-18-16-28(22-41(36)48)32-11-7-15-43-45(32)37-10-3-6-14-42(37)49-43/h1-19,22,24,27,29-30,44H,20-21,23,25-26H2. The third-order valence-electron chi connectivity index (χ3n) is 14.5. The minimum atomic E-state index is 0.162. The molecule has 6 atom stereocenters. The molecule has 0 amide bonds. The Bertz CT molecular complexity index is 2760. The molecule has 0 radical (unpaired) electrons. The molecule has 13 rings (SSSR count). The van der Waals surface area contributed by atoms with Gasteiger partial charge in [0.15, 0.2) is 0 Å². The van der Waals surface area contributed by atoms with Crippen LogP contribution in [0.15, 0.2) is 132 Å². The fraction of sp³-hybridized carbons (Fsp3) is 0.234. The Labute approximate surface area is 285 Å². The number of rotatable bonds is 2. The lowest BCUT2D eigenvalue weighted by Crippen LogP contribution is -2.50. The highest BCUT2D eigenvalue weighted by Gasteiger charge is 2.76. The molecule has 234 valence electrons. The van der Waals surface area contributed by atoms with E-state index in [1.807, 2.05) is 0 Å². The van der Waals surface area contributed by atoms with Gasteiger partial charge in [0.1, 0.15) is 11.2 Å². The van der Waals surface area contributed by atoms with E-state index in [1.54, 1.807) is 11.1 Å². The van der Waals surface area contributed by atoms with Gasteiger partial charge in [-0.2, -0.15) is 0 Å². The number of aromatic nitrogens is 1. The van der Waals surface area contributed by atoms with Crippen molar-refractivity contribution in [2.75, 3.05) is 0 Å². The van der Waals surface area contributed by atoms with Crippen molar-refractivity contribution in [1.82, 2.24) is 4.57 Å². The highest BCUT2D eigenvalue weighted by atomic mass is 16.3. The van der Waals surface area contributed by atoms with Gasteiger partial charge in [-0.3, -0.25) is 0 Å². The lowest BCUT2D eigenvalue weighted by atomic mass is 9.49. The molecule has 0 saturated heterocycles. The largest absolute Gasteiger partial charge is 0.456 e. The van der Waals surface area contributed by atoms with E-state index >= 15 is 0 Å². The fourth-order valence-corrected chi connectivity index (χ4v) is 13.0. The van der Waals surface area contributed by atoms with Crippen LogP contribution < -0.4 is 0 Å². The molecular weight excluding hydrogens is 595 g/mol. The van der Waals surface area contributed by atoms with Gasteiger partial charge in [0, 0.05) is 32.6 Å². The monoisotopic (exact) mass is 629 g/mol. The first-order valence-electron chi connectivity index (χ1n) is 18.4. The first kappa shape index (κ1) is 25.9. The molecule has 2 aromatic heterocycles. The number of furan rings is 1. The second-order valence-corrected chi connectivity index (χ2v) is 16.2. The normalized spacial score (nSPS) is 28.6. The summed E-state index contributed by atoms with van der Waals surface area (Å²) in [6.45, 7) is 0. The molecule has 6 unspecified atom stereocenters. The van der Waals surface area contributed by atoms with E-state index < -0.39 is 0 Å². The van der Waals surface area contributed by atoms with Crippen molar-refractivity contribution < 1.29 is 4.42 Å². The summed E-state index contributed by atoms with van der Waals surface area (Å²) in [4.78, 5) is 0. The molecule has 49 heavy (non-hydrogen) atoms. The van der Waals surface area contributed by atoms with Crippen molar-refractivity contribution in [3.05, 3.63) is 139 Å². The molecule has 2 heterocycles. The Morgan fingerprint density at radius 3 is 2.31 bits per heavy atom. The van der Waals surface area contributed by atoms with E-state index in [9.17, 15) is 0 Å². The van der Waals surface area contributed by atoms with Crippen LogP contribution in [0.5, 0.6) is 0 Å². The molecule has 0 aliphatic heterocycles. The Morgan fingerprint density at radius 2 is 1.33 bits per heavy atom. The number of nitrogens with zero attached hydrogens (tertiary/aromatic N) is 1. The van der Waals surface area contributed by atoms with Gasteiger partial charge in [-0.15, -0.1) is 0 Å². The maximum Gasteiger partial charge on any atom is 0.136 e. The zero-order valence-corrected chi connectivity index (χ0v) is 27.3. The molecule has 5 aliphatic rings. The van der Waals surface area contributed by atoms with Gasteiger partial charge in [0.2, 0.25) is 0 Å². The predicted octanol–water partition coefficient (Wildman–Crippen LogP) is 12.1. The summed E-state index contributed by atoms with van der Waals surface area (Å²) in [6, 6.07) is 48.1. The van der Waals surface area contributed by atoms with Crippen LogP contribution in [-0.4, -0.2) is 4.57 Å². The van der Waals surface area contributed by atoms with Crippen molar-refractivity contribution in [3.63, 3.8) is 0 Å². The summed E-state index contributed by atoms with van der Waals surface area (Å²) >= 11 is 0. The topological polar surface area (TPSA) is 18.1 Å². The Morgan fingerprint density at radius 1 is 0.551 bits per heavy atom. The quantitative estimate of drug-likeness (QED) is 0.186. The first-order chi connectivity index (χ1) is 24.2. The van der Waals surface area contributed by atoms with E-state index in [-0.39, 0.29) is 5.41 Å². The molecule has 4 fully saturated rings. The molecule has 3 bridgehead atoms. The smallest absolute Gasteiger partial charge is 0.136 e. The minimum absolute atomic E-state index is 0.162. The average Bonchev–Trinajstić information content (AvgIpc) is 3.86. The number of fused-ring (bicyclic) bond motifs is 15. The molecule has 8 aromatic rings. The van der Waals surface area contributed by atoms with Crippen LogP contribution in [0.4, 0.5) is 0 Å². The van der Waals surface area contributed by atoms with Crippen LogP contribution in [0, 0.1) is 29.1 Å². The average molecular weight is 630 g/mol. The maximum atomic E-state index is 6.31. The fourth-order valence-electron chi connectivity index (χ4n) is 13.0. The zero-order chi connectivity index (χ0) is 31.6. The SMILES string of the molecule is c1ccc2c(c1)-c1ccc(-n3c4ccccc4c4ccc(-c5cccc6oc7ccccc7c56)cc43)cc1C21C2CC3CC4CC1C4(C3)C2. The van der Waals surface area contributed by atoms with Crippen LogP contribution in [0.25, 0.3) is 71.7 Å². The molecular formula is C47H35NO. The molecule has 0 N–H and O–H groups in total. The summed E-state index contributed by atoms with van der Waals surface area (Å²) in [5.41, 5.74) is 15.2. The molecule has 2 nitrogen and oxygen atoms in total. The van der Waals surface area contributed by atoms with E-state index in [0.29, 0.717) is 5.41 Å². The molecule has 4 saturated carbocycles. The highest BCUT2D eigenvalue weighted by molar-refractivity contribution is 6.14. The van der Waals surface area contributed by atoms with E-state index in [4.69, 9.17) is 4.42 Å². The molecule has 5 aliphatic carbocycles. The van der Waals surface area contributed by atoms with Crippen LogP contribution in [0.3, 0.4) is 0 Å². The minimum Gasteiger partial charge on any atom is -0.456 e. The van der Waals surface area contributed by atoms with Gasteiger partial charge < -0.3 is 8.98 Å². The van der Waals surface area contributed by atoms with E-state index in [0.717, 1.165) is 34.8 Å². The van der Waals surface area contributed by atoms with Crippen LogP contribution in [0.1, 0.15) is 43.2 Å². The van der Waals surface area contributed by atoms with Gasteiger partial charge in [-0.1, -0.05) is 91.0 Å². The first-order valence-corrected chi connectivity index (χ1v) is 18.4. The van der Waals surface area contributed by atoms with E-state index in [2.05, 4.69) is 132 Å². The lowest BCUT2D eigenvalue weighted by molar-refractivity contribution is -0.0194. The van der Waals surface area contributed by atoms with Crippen LogP contribution in [0.2, 0.25) is 0 Å². The van der Waals surface area contributed by atoms with Crippen molar-refractivity contribution in [1.29, 1.82) is 0 Å². The third kappa shape index (κ3) is 2.88. The van der Waals surface area contributed by atoms with Crippen LogP contribution in [-0.2, 0) is 5.41 Å². The Balaban J connectivity index is 1.07. The maximum absolute atomic E-state index is 6.31. The van der Waals surface area contributed by atoms with Crippen molar-refractivity contribution >= 4 is 43.7 Å². The summed E-state index contributed by atoms with van der Waals surface area (Å²) in [7, 11) is 0. The van der Waals surface area contributed by atoms with E-state index in [1.165, 1.54) is 92.6 Å². The number of hydrogen-bond donors (Lipinski definition) is 0. The molecule has 2 heteroatoms. The second kappa shape index (κ2) is 8.55. The second-order valence-electron chi connectivity index (χ2n) is 16.2. The van der Waals surface area contributed by atoms with Gasteiger partial charge in [0.05, 0.1) is 11.0 Å². The van der Waals surface area contributed by atoms with Crippen molar-refractivity contribution in [2.45, 2.75) is 37.5 Å². The van der Waals surface area contributed by atoms with Gasteiger partial charge in [-0.05, 0) is 131 Å². The number of hydrogen-bond acceptors (Lipinski definition) is 1. The Kier molecular flexibility index (Phi) is 4.51. The zero-order valence-electron chi connectivity index (χ0n) is 27.3. The van der Waals surface area contributed by atoms with Crippen LogP contribution >= 0.6 is 0 Å². The van der Waals surface area contributed by atoms with Crippen molar-refractivity contribution in [3.8, 4) is 27.9 Å². The highest BCUT2D eigenvalue weighted by Crippen LogP contribution is 2.83. The molecule has 6 aromatic carbocycles. The summed E-state index contributed by atoms with van der Waals surface area (Å²) in [6.07, 6.45) is 7.29. The van der Waals surface area contributed by atoms with Gasteiger partial charge in [-0.25, -0.2) is 0 Å². The third-order valence-corrected chi connectivity index (χ3v) is 14.5.